The molecular formula is C27H27ClN4O4S2. The molecule has 11 heteroatoms. The number of amides is 1. The lowest BCUT2D eigenvalue weighted by Gasteiger charge is -2.17. The first-order chi connectivity index (χ1) is 18.3. The standard InChI is InChI=1S/C27H27ClN4O4S2/c1-5-32-24(17(3)36-21-9-7-6-8-16(21)2)30-31-27(32)38-15-22(33)29-25-23(26(34)35-4)20(14-37-25)18-10-12-19(28)13-11-18/h6-14,17H,5,15H2,1-4H3,(H,29,33). The maximum absolute atomic E-state index is 12.9. The molecule has 1 unspecified atom stereocenters. The number of para-hydroxylation sites is 1. The molecule has 4 aromatic rings. The van der Waals surface area contributed by atoms with Crippen LogP contribution in [0.5, 0.6) is 5.75 Å². The first kappa shape index (κ1) is 27.7. The second-order valence-corrected chi connectivity index (χ2v) is 10.6. The Balaban J connectivity index is 1.46. The van der Waals surface area contributed by atoms with Gasteiger partial charge in [-0.15, -0.1) is 21.5 Å². The molecule has 38 heavy (non-hydrogen) atoms. The van der Waals surface area contributed by atoms with Gasteiger partial charge in [0.15, 0.2) is 17.1 Å². The van der Waals surface area contributed by atoms with Gasteiger partial charge in [-0.1, -0.05) is 53.7 Å². The lowest BCUT2D eigenvalue weighted by molar-refractivity contribution is -0.113. The number of esters is 1. The van der Waals surface area contributed by atoms with E-state index in [-0.39, 0.29) is 17.8 Å². The van der Waals surface area contributed by atoms with Crippen LogP contribution >= 0.6 is 34.7 Å². The summed E-state index contributed by atoms with van der Waals surface area (Å²) in [6, 6.07) is 14.9. The normalized spacial score (nSPS) is 11.7. The minimum atomic E-state index is -0.530. The van der Waals surface area contributed by atoms with Gasteiger partial charge >= 0.3 is 5.97 Å². The fraction of sp³-hybridized carbons (Fsp3) is 0.259. The Labute approximate surface area is 234 Å². The highest BCUT2D eigenvalue weighted by Gasteiger charge is 2.24. The van der Waals surface area contributed by atoms with Crippen molar-refractivity contribution in [2.24, 2.45) is 0 Å². The fourth-order valence-electron chi connectivity index (χ4n) is 3.83. The molecule has 4 rings (SSSR count). The van der Waals surface area contributed by atoms with E-state index >= 15 is 0 Å². The van der Waals surface area contributed by atoms with Crippen LogP contribution in [-0.2, 0) is 16.1 Å². The van der Waals surface area contributed by atoms with E-state index in [1.165, 1.54) is 30.2 Å². The third kappa shape index (κ3) is 6.20. The van der Waals surface area contributed by atoms with Crippen molar-refractivity contribution in [3.63, 3.8) is 0 Å². The number of aromatic nitrogens is 3. The highest BCUT2D eigenvalue weighted by Crippen LogP contribution is 2.37. The summed E-state index contributed by atoms with van der Waals surface area (Å²) in [6.07, 6.45) is -0.327. The average Bonchev–Trinajstić information content (AvgIpc) is 3.52. The van der Waals surface area contributed by atoms with Gasteiger partial charge in [-0.25, -0.2) is 4.79 Å². The SMILES string of the molecule is CCn1c(SCC(=O)Nc2scc(-c3ccc(Cl)cc3)c2C(=O)OC)nnc1C(C)Oc1ccccc1C. The largest absolute Gasteiger partial charge is 0.482 e. The molecule has 0 saturated heterocycles. The topological polar surface area (TPSA) is 95.3 Å². The van der Waals surface area contributed by atoms with Gasteiger partial charge in [-0.2, -0.15) is 0 Å². The van der Waals surface area contributed by atoms with Gasteiger partial charge in [0, 0.05) is 22.5 Å². The molecule has 1 N–H and O–H groups in total. The van der Waals surface area contributed by atoms with Crippen molar-refractivity contribution in [1.29, 1.82) is 0 Å². The number of carbonyl (C=O) groups excluding carboxylic acids is 2. The molecule has 0 aliphatic rings. The summed E-state index contributed by atoms with van der Waals surface area (Å²) in [5, 5.41) is 14.9. The predicted molar refractivity (Wildman–Crippen MR) is 151 cm³/mol. The highest BCUT2D eigenvalue weighted by molar-refractivity contribution is 7.99. The van der Waals surface area contributed by atoms with Gasteiger partial charge < -0.3 is 19.4 Å². The molecule has 0 bridgehead atoms. The lowest BCUT2D eigenvalue weighted by Crippen LogP contribution is -2.17. The summed E-state index contributed by atoms with van der Waals surface area (Å²) >= 11 is 8.53. The van der Waals surface area contributed by atoms with Crippen molar-refractivity contribution < 1.29 is 19.1 Å². The lowest BCUT2D eigenvalue weighted by atomic mass is 10.0. The number of hydrogen-bond acceptors (Lipinski definition) is 8. The third-order valence-electron chi connectivity index (χ3n) is 5.74. The van der Waals surface area contributed by atoms with Crippen LogP contribution in [0.2, 0.25) is 5.02 Å². The van der Waals surface area contributed by atoms with E-state index in [4.69, 9.17) is 21.1 Å². The Hall–Kier alpha value is -3.34. The monoisotopic (exact) mass is 570 g/mol. The number of rotatable bonds is 10. The third-order valence-corrected chi connectivity index (χ3v) is 7.86. The van der Waals surface area contributed by atoms with E-state index < -0.39 is 5.97 Å². The molecule has 1 atom stereocenters. The number of thioether (sulfide) groups is 1. The van der Waals surface area contributed by atoms with Crippen molar-refractivity contribution in [3.05, 3.63) is 75.9 Å². The summed E-state index contributed by atoms with van der Waals surface area (Å²) in [6.45, 7) is 6.52. The molecule has 1 amide bonds. The molecule has 0 saturated carbocycles. The van der Waals surface area contributed by atoms with E-state index in [9.17, 15) is 9.59 Å². The van der Waals surface area contributed by atoms with Crippen LogP contribution in [0.4, 0.5) is 5.00 Å². The minimum Gasteiger partial charge on any atom is -0.482 e. The summed E-state index contributed by atoms with van der Waals surface area (Å²) in [5.41, 5.74) is 2.80. The summed E-state index contributed by atoms with van der Waals surface area (Å²) in [7, 11) is 1.31. The Morgan fingerprint density at radius 3 is 2.58 bits per heavy atom. The second kappa shape index (κ2) is 12.5. The number of hydrogen-bond donors (Lipinski definition) is 1. The van der Waals surface area contributed by atoms with E-state index in [1.807, 2.05) is 67.1 Å². The van der Waals surface area contributed by atoms with E-state index in [1.54, 1.807) is 12.1 Å². The van der Waals surface area contributed by atoms with Gasteiger partial charge in [-0.3, -0.25) is 4.79 Å². The van der Waals surface area contributed by atoms with E-state index in [2.05, 4.69) is 15.5 Å². The van der Waals surface area contributed by atoms with Crippen LogP contribution in [0, 0.1) is 6.92 Å². The van der Waals surface area contributed by atoms with Gasteiger partial charge in [0.2, 0.25) is 5.91 Å². The van der Waals surface area contributed by atoms with Gasteiger partial charge in [0.05, 0.1) is 12.9 Å². The van der Waals surface area contributed by atoms with Crippen LogP contribution in [0.15, 0.2) is 59.1 Å². The van der Waals surface area contributed by atoms with Crippen molar-refractivity contribution in [1.82, 2.24) is 14.8 Å². The highest BCUT2D eigenvalue weighted by atomic mass is 35.5. The quantitative estimate of drug-likeness (QED) is 0.168. The second-order valence-electron chi connectivity index (χ2n) is 8.30. The summed E-state index contributed by atoms with van der Waals surface area (Å²) in [5.74, 6) is 0.741. The van der Waals surface area contributed by atoms with Gasteiger partial charge in [0.25, 0.3) is 0 Å². The van der Waals surface area contributed by atoms with Crippen LogP contribution in [0.1, 0.15) is 41.7 Å². The Morgan fingerprint density at radius 1 is 1.16 bits per heavy atom. The molecule has 2 aromatic heterocycles. The number of benzene rings is 2. The zero-order valence-corrected chi connectivity index (χ0v) is 23.7. The average molecular weight is 571 g/mol. The molecule has 198 valence electrons. The molecule has 2 heterocycles. The number of ether oxygens (including phenoxy) is 2. The number of methoxy groups -OCH3 is 1. The Kier molecular flexibility index (Phi) is 9.09. The molecule has 0 fully saturated rings. The minimum absolute atomic E-state index is 0.0833. The number of carbonyl (C=O) groups is 2. The summed E-state index contributed by atoms with van der Waals surface area (Å²) in [4.78, 5) is 25.5. The molecule has 0 radical (unpaired) electrons. The Morgan fingerprint density at radius 2 is 1.89 bits per heavy atom. The number of halogens is 1. The molecular weight excluding hydrogens is 544 g/mol. The smallest absolute Gasteiger partial charge is 0.341 e. The van der Waals surface area contributed by atoms with Crippen molar-refractivity contribution >= 4 is 51.6 Å². The van der Waals surface area contributed by atoms with Crippen molar-refractivity contribution in [3.8, 4) is 16.9 Å². The van der Waals surface area contributed by atoms with Crippen molar-refractivity contribution in [2.45, 2.75) is 38.6 Å². The van der Waals surface area contributed by atoms with Gasteiger partial charge in [0.1, 0.15) is 16.3 Å². The van der Waals surface area contributed by atoms with Crippen LogP contribution in [0.3, 0.4) is 0 Å². The zero-order chi connectivity index (χ0) is 27.2. The molecule has 2 aromatic carbocycles. The fourth-order valence-corrected chi connectivity index (χ4v) is 5.73. The van der Waals surface area contributed by atoms with Crippen LogP contribution in [-0.4, -0.2) is 39.5 Å². The zero-order valence-electron chi connectivity index (χ0n) is 21.4. The first-order valence-electron chi connectivity index (χ1n) is 11.9. The van der Waals surface area contributed by atoms with Gasteiger partial charge in [-0.05, 0) is 50.1 Å². The molecule has 0 spiro atoms. The van der Waals surface area contributed by atoms with Crippen LogP contribution in [0.25, 0.3) is 11.1 Å². The molecule has 0 aliphatic heterocycles. The number of nitrogens with zero attached hydrogens (tertiary/aromatic N) is 3. The van der Waals surface area contributed by atoms with E-state index in [0.717, 1.165) is 16.9 Å². The number of anilines is 1. The van der Waals surface area contributed by atoms with Crippen LogP contribution < -0.4 is 10.1 Å². The van der Waals surface area contributed by atoms with E-state index in [0.29, 0.717) is 38.7 Å². The summed E-state index contributed by atoms with van der Waals surface area (Å²) < 4.78 is 13.0. The predicted octanol–water partition coefficient (Wildman–Crippen LogP) is 6.65. The maximum Gasteiger partial charge on any atom is 0.341 e. The molecule has 0 aliphatic carbocycles. The number of nitrogens with one attached hydrogen (secondary N) is 1. The van der Waals surface area contributed by atoms with Crippen molar-refractivity contribution in [2.75, 3.05) is 18.2 Å². The number of aryl methyl sites for hydroxylation is 1. The first-order valence-corrected chi connectivity index (χ1v) is 14.1. The number of thiophene rings is 1. The maximum atomic E-state index is 12.9. The Bertz CT molecular complexity index is 1440. The molecule has 8 nitrogen and oxygen atoms in total.